The number of aliphatic carboxylic acids is 1. The van der Waals surface area contributed by atoms with E-state index in [4.69, 9.17) is 28.3 Å². The number of nitrogens with zero attached hydrogens (tertiary/aromatic N) is 1. The second-order valence-corrected chi connectivity index (χ2v) is 9.15. The number of alkyl halides is 3. The van der Waals surface area contributed by atoms with Gasteiger partial charge in [0.05, 0.1) is 10.6 Å². The van der Waals surface area contributed by atoms with Gasteiger partial charge in [-0.1, -0.05) is 53.5 Å². The minimum Gasteiger partial charge on any atom is -0.480 e. The van der Waals surface area contributed by atoms with E-state index in [1.807, 2.05) is 0 Å². The molecule has 190 valence electrons. The monoisotopic (exact) mass is 538 g/mol. The van der Waals surface area contributed by atoms with Gasteiger partial charge in [-0.05, 0) is 66.4 Å². The van der Waals surface area contributed by atoms with Crippen molar-refractivity contribution in [3.05, 3.63) is 87.4 Å². The molecular formula is C26H23Cl2F3N2O3. The van der Waals surface area contributed by atoms with E-state index in [9.17, 15) is 22.8 Å². The van der Waals surface area contributed by atoms with Crippen molar-refractivity contribution in [1.82, 2.24) is 4.90 Å². The molecule has 5 nitrogen and oxygen atoms in total. The summed E-state index contributed by atoms with van der Waals surface area (Å²) in [4.78, 5) is 24.9. The first-order chi connectivity index (χ1) is 16.8. The molecule has 3 aromatic carbocycles. The number of carbonyl (C=O) groups is 2. The highest BCUT2D eigenvalue weighted by Gasteiger charge is 2.41. The van der Waals surface area contributed by atoms with Crippen LogP contribution in [0.3, 0.4) is 0 Å². The van der Waals surface area contributed by atoms with E-state index in [2.05, 4.69) is 5.32 Å². The maximum absolute atomic E-state index is 13.9. The molecule has 0 aromatic heterocycles. The SMILES string of the molecule is Cc1cc([C@H](Nc2cccc(-c3ccc(C(=O)N(C)C(C)C(=O)O)c(Cl)c3)c2)C(F)(F)F)ccc1Cl. The van der Waals surface area contributed by atoms with Crippen molar-refractivity contribution in [2.45, 2.75) is 32.1 Å². The minimum atomic E-state index is -4.57. The van der Waals surface area contributed by atoms with Crippen LogP contribution in [-0.2, 0) is 4.79 Å². The first-order valence-corrected chi connectivity index (χ1v) is 11.5. The molecular weight excluding hydrogens is 516 g/mol. The summed E-state index contributed by atoms with van der Waals surface area (Å²) in [5.74, 6) is -1.73. The fourth-order valence-electron chi connectivity index (χ4n) is 3.56. The van der Waals surface area contributed by atoms with Gasteiger partial charge in [-0.25, -0.2) is 4.79 Å². The number of rotatable bonds is 7. The fraction of sp³-hybridized carbons (Fsp3) is 0.231. The van der Waals surface area contributed by atoms with E-state index in [1.54, 1.807) is 31.2 Å². The predicted molar refractivity (Wildman–Crippen MR) is 135 cm³/mol. The summed E-state index contributed by atoms with van der Waals surface area (Å²) in [5.41, 5.74) is 2.04. The number of likely N-dealkylation sites (N-methyl/N-ethyl adjacent to an activating group) is 1. The molecule has 10 heteroatoms. The van der Waals surface area contributed by atoms with Gasteiger partial charge in [-0.15, -0.1) is 0 Å². The Labute approximate surface area is 216 Å². The minimum absolute atomic E-state index is 0.0282. The quantitative estimate of drug-likeness (QED) is 0.333. The van der Waals surface area contributed by atoms with Gasteiger partial charge in [0.1, 0.15) is 12.1 Å². The zero-order chi connectivity index (χ0) is 26.8. The van der Waals surface area contributed by atoms with Crippen LogP contribution in [0.15, 0.2) is 60.7 Å². The van der Waals surface area contributed by atoms with Gasteiger partial charge in [0.2, 0.25) is 0 Å². The molecule has 0 aliphatic rings. The number of nitrogens with one attached hydrogen (secondary N) is 1. The molecule has 3 aromatic rings. The van der Waals surface area contributed by atoms with Crippen LogP contribution in [0.5, 0.6) is 0 Å². The summed E-state index contributed by atoms with van der Waals surface area (Å²) in [7, 11) is 1.36. The molecule has 3 rings (SSSR count). The summed E-state index contributed by atoms with van der Waals surface area (Å²) in [6.07, 6.45) is -4.57. The van der Waals surface area contributed by atoms with Crippen molar-refractivity contribution in [2.75, 3.05) is 12.4 Å². The Bertz CT molecular complexity index is 1300. The molecule has 0 saturated heterocycles. The lowest BCUT2D eigenvalue weighted by Crippen LogP contribution is -2.40. The summed E-state index contributed by atoms with van der Waals surface area (Å²) >= 11 is 12.3. The topological polar surface area (TPSA) is 69.6 Å². The largest absolute Gasteiger partial charge is 0.480 e. The molecule has 0 aliphatic heterocycles. The Hall–Kier alpha value is -3.23. The van der Waals surface area contributed by atoms with E-state index >= 15 is 0 Å². The van der Waals surface area contributed by atoms with E-state index in [-0.39, 0.29) is 21.8 Å². The number of carbonyl (C=O) groups excluding carboxylic acids is 1. The van der Waals surface area contributed by atoms with E-state index in [1.165, 1.54) is 50.4 Å². The Balaban J connectivity index is 1.90. The van der Waals surface area contributed by atoms with Gasteiger partial charge in [0.15, 0.2) is 0 Å². The Morgan fingerprint density at radius 3 is 2.22 bits per heavy atom. The van der Waals surface area contributed by atoms with Crippen LogP contribution < -0.4 is 5.32 Å². The molecule has 0 spiro atoms. The normalized spacial score (nSPS) is 13.1. The van der Waals surface area contributed by atoms with Gasteiger partial charge in [0.25, 0.3) is 5.91 Å². The highest BCUT2D eigenvalue weighted by atomic mass is 35.5. The lowest BCUT2D eigenvalue weighted by molar-refractivity contribution is -0.144. The third-order valence-electron chi connectivity index (χ3n) is 5.81. The average Bonchev–Trinajstić information content (AvgIpc) is 2.82. The summed E-state index contributed by atoms with van der Waals surface area (Å²) in [6.45, 7) is 3.01. The summed E-state index contributed by atoms with van der Waals surface area (Å²) in [6, 6.07) is 12.1. The van der Waals surface area contributed by atoms with Gasteiger partial charge >= 0.3 is 12.1 Å². The maximum atomic E-state index is 13.9. The molecule has 0 heterocycles. The number of benzene rings is 3. The molecule has 0 radical (unpaired) electrons. The second-order valence-electron chi connectivity index (χ2n) is 8.33. The van der Waals surface area contributed by atoms with Crippen molar-refractivity contribution in [3.8, 4) is 11.1 Å². The Morgan fingerprint density at radius 1 is 0.972 bits per heavy atom. The Morgan fingerprint density at radius 2 is 1.64 bits per heavy atom. The molecule has 36 heavy (non-hydrogen) atoms. The van der Waals surface area contributed by atoms with Gasteiger partial charge in [-0.2, -0.15) is 13.2 Å². The summed E-state index contributed by atoms with van der Waals surface area (Å²) in [5, 5.41) is 12.2. The number of amides is 1. The number of aryl methyl sites for hydroxylation is 1. The zero-order valence-electron chi connectivity index (χ0n) is 19.5. The molecule has 0 aliphatic carbocycles. The molecule has 0 saturated carbocycles. The lowest BCUT2D eigenvalue weighted by Gasteiger charge is -2.24. The van der Waals surface area contributed by atoms with Crippen molar-refractivity contribution in [1.29, 1.82) is 0 Å². The van der Waals surface area contributed by atoms with E-state index in [0.29, 0.717) is 21.7 Å². The van der Waals surface area contributed by atoms with Gasteiger partial charge in [0, 0.05) is 17.8 Å². The third kappa shape index (κ3) is 6.12. The molecule has 2 atom stereocenters. The lowest BCUT2D eigenvalue weighted by atomic mass is 10.0. The van der Waals surface area contributed by atoms with Crippen LogP contribution in [0.4, 0.5) is 18.9 Å². The third-order valence-corrected chi connectivity index (χ3v) is 6.54. The zero-order valence-corrected chi connectivity index (χ0v) is 21.0. The van der Waals surface area contributed by atoms with Crippen LogP contribution in [0.2, 0.25) is 10.0 Å². The van der Waals surface area contributed by atoms with Crippen LogP contribution in [-0.4, -0.2) is 41.1 Å². The summed E-state index contributed by atoms with van der Waals surface area (Å²) < 4.78 is 41.7. The molecule has 0 bridgehead atoms. The first kappa shape index (κ1) is 27.4. The first-order valence-electron chi connectivity index (χ1n) is 10.8. The number of anilines is 1. The van der Waals surface area contributed by atoms with Gasteiger partial charge in [-0.3, -0.25) is 4.79 Å². The van der Waals surface area contributed by atoms with E-state index in [0.717, 1.165) is 4.90 Å². The van der Waals surface area contributed by atoms with Crippen molar-refractivity contribution >= 4 is 40.8 Å². The number of halogens is 5. The van der Waals surface area contributed by atoms with E-state index < -0.39 is 30.1 Å². The number of hydrogen-bond acceptors (Lipinski definition) is 3. The van der Waals surface area contributed by atoms with Crippen LogP contribution in [0.1, 0.15) is 34.5 Å². The standard InChI is InChI=1S/C26H23Cl2F3N2O3/c1-14-11-18(8-10-21(14)27)23(26(29,30)31)32-19-6-4-5-16(12-19)17-7-9-20(22(28)13-17)24(34)33(3)15(2)25(35)36/h4-13,15,23,32H,1-3H3,(H,35,36)/t15?,23-/m0/s1. The number of hydrogen-bond donors (Lipinski definition) is 2. The molecule has 1 unspecified atom stereocenters. The molecule has 2 N–H and O–H groups in total. The molecule has 0 fully saturated rings. The smallest absolute Gasteiger partial charge is 0.412 e. The predicted octanol–water partition coefficient (Wildman–Crippen LogP) is 7.23. The van der Waals surface area contributed by atoms with Gasteiger partial charge < -0.3 is 15.3 Å². The van der Waals surface area contributed by atoms with Crippen molar-refractivity contribution in [3.63, 3.8) is 0 Å². The van der Waals surface area contributed by atoms with Crippen LogP contribution >= 0.6 is 23.2 Å². The second kappa shape index (κ2) is 10.8. The van der Waals surface area contributed by atoms with Crippen LogP contribution in [0.25, 0.3) is 11.1 Å². The average molecular weight is 539 g/mol. The highest BCUT2D eigenvalue weighted by Crippen LogP contribution is 2.37. The number of carboxylic acids is 1. The highest BCUT2D eigenvalue weighted by molar-refractivity contribution is 6.34. The van der Waals surface area contributed by atoms with Crippen molar-refractivity contribution < 1.29 is 27.9 Å². The molecule has 1 amide bonds. The van der Waals surface area contributed by atoms with Crippen molar-refractivity contribution in [2.24, 2.45) is 0 Å². The fourth-order valence-corrected chi connectivity index (χ4v) is 3.94. The number of carboxylic acid groups (broad SMARTS) is 1. The Kier molecular flexibility index (Phi) is 8.21. The maximum Gasteiger partial charge on any atom is 0.412 e. The van der Waals surface area contributed by atoms with Crippen LogP contribution in [0, 0.1) is 6.92 Å².